The van der Waals surface area contributed by atoms with Crippen LogP contribution in [0.2, 0.25) is 0 Å². The molecule has 1 fully saturated rings. The van der Waals surface area contributed by atoms with Gasteiger partial charge in [-0.2, -0.15) is 0 Å². The van der Waals surface area contributed by atoms with Gasteiger partial charge in [0.15, 0.2) is 0 Å². The van der Waals surface area contributed by atoms with Crippen molar-refractivity contribution in [3.05, 3.63) is 23.7 Å². The van der Waals surface area contributed by atoms with Gasteiger partial charge in [0.25, 0.3) is 0 Å². The first-order valence-corrected chi connectivity index (χ1v) is 4.58. The van der Waals surface area contributed by atoms with Crippen molar-refractivity contribution in [1.82, 2.24) is 5.32 Å². The number of rotatable bonds is 3. The molecule has 12 heavy (non-hydrogen) atoms. The fourth-order valence-corrected chi connectivity index (χ4v) is 1.37. The molecule has 2 heteroatoms. The molecule has 0 aliphatic heterocycles. The van der Waals surface area contributed by atoms with E-state index in [1.165, 1.54) is 12.8 Å². The van der Waals surface area contributed by atoms with Crippen LogP contribution in [0.4, 0.5) is 0 Å². The van der Waals surface area contributed by atoms with Gasteiger partial charge in [-0.15, -0.1) is 0 Å². The van der Waals surface area contributed by atoms with Crippen molar-refractivity contribution in [2.75, 3.05) is 0 Å². The number of hydrogen-bond acceptors (Lipinski definition) is 2. The molecule has 0 saturated heterocycles. The number of hydrogen-bond donors (Lipinski definition) is 1. The molecule has 1 atom stereocenters. The zero-order chi connectivity index (χ0) is 8.55. The van der Waals surface area contributed by atoms with Gasteiger partial charge in [-0.25, -0.2) is 0 Å². The average molecular weight is 165 g/mol. The van der Waals surface area contributed by atoms with Gasteiger partial charge in [0.1, 0.15) is 11.5 Å². The van der Waals surface area contributed by atoms with E-state index in [9.17, 15) is 0 Å². The molecule has 1 aromatic rings. The Bertz CT molecular complexity index is 263. The lowest BCUT2D eigenvalue weighted by Gasteiger charge is -2.09. The lowest BCUT2D eigenvalue weighted by molar-refractivity contribution is 0.415. The molecule has 2 nitrogen and oxygen atoms in total. The van der Waals surface area contributed by atoms with E-state index in [1.807, 2.05) is 13.0 Å². The summed E-state index contributed by atoms with van der Waals surface area (Å²) in [5, 5.41) is 3.49. The molecule has 0 amide bonds. The van der Waals surface area contributed by atoms with E-state index in [4.69, 9.17) is 4.42 Å². The third-order valence-electron chi connectivity index (χ3n) is 2.25. The third kappa shape index (κ3) is 1.69. The molecule has 2 rings (SSSR count). The van der Waals surface area contributed by atoms with E-state index in [1.54, 1.807) is 0 Å². The predicted molar refractivity (Wildman–Crippen MR) is 48.0 cm³/mol. The first-order chi connectivity index (χ1) is 5.75. The fraction of sp³-hybridized carbons (Fsp3) is 0.600. The quantitative estimate of drug-likeness (QED) is 0.744. The summed E-state index contributed by atoms with van der Waals surface area (Å²) in [5.41, 5.74) is 0. The van der Waals surface area contributed by atoms with Gasteiger partial charge in [0.05, 0.1) is 6.04 Å². The summed E-state index contributed by atoms with van der Waals surface area (Å²) in [5.74, 6) is 2.05. The Labute approximate surface area is 73.0 Å². The highest BCUT2D eigenvalue weighted by atomic mass is 16.3. The Hall–Kier alpha value is -0.760. The smallest absolute Gasteiger partial charge is 0.120 e. The second-order valence-electron chi connectivity index (χ2n) is 3.61. The molecule has 66 valence electrons. The summed E-state index contributed by atoms with van der Waals surface area (Å²) in [4.78, 5) is 0. The van der Waals surface area contributed by atoms with Crippen molar-refractivity contribution >= 4 is 0 Å². The highest BCUT2D eigenvalue weighted by Gasteiger charge is 2.24. The van der Waals surface area contributed by atoms with Crippen LogP contribution >= 0.6 is 0 Å². The van der Waals surface area contributed by atoms with Gasteiger partial charge < -0.3 is 9.73 Å². The highest BCUT2D eigenvalue weighted by Crippen LogP contribution is 2.24. The molecule has 1 N–H and O–H groups in total. The molecular formula is C10H15NO. The van der Waals surface area contributed by atoms with Gasteiger partial charge in [0.2, 0.25) is 0 Å². The maximum atomic E-state index is 5.51. The lowest BCUT2D eigenvalue weighted by Crippen LogP contribution is -2.20. The van der Waals surface area contributed by atoms with Crippen molar-refractivity contribution < 1.29 is 4.42 Å². The maximum Gasteiger partial charge on any atom is 0.120 e. The maximum absolute atomic E-state index is 5.51. The average Bonchev–Trinajstić information content (AvgIpc) is 2.72. The van der Waals surface area contributed by atoms with Crippen LogP contribution in [0.15, 0.2) is 16.5 Å². The number of aryl methyl sites for hydroxylation is 1. The second-order valence-corrected chi connectivity index (χ2v) is 3.61. The van der Waals surface area contributed by atoms with Crippen molar-refractivity contribution in [2.24, 2.45) is 0 Å². The van der Waals surface area contributed by atoms with Gasteiger partial charge in [-0.05, 0) is 38.8 Å². The van der Waals surface area contributed by atoms with Crippen molar-refractivity contribution in [3.8, 4) is 0 Å². The molecule has 1 aromatic heterocycles. The Kier molecular flexibility index (Phi) is 1.93. The van der Waals surface area contributed by atoms with Crippen LogP contribution in [0.3, 0.4) is 0 Å². The highest BCUT2D eigenvalue weighted by molar-refractivity contribution is 5.09. The van der Waals surface area contributed by atoms with Gasteiger partial charge in [-0.1, -0.05) is 0 Å². The zero-order valence-electron chi connectivity index (χ0n) is 7.63. The molecule has 0 bridgehead atoms. The summed E-state index contributed by atoms with van der Waals surface area (Å²) >= 11 is 0. The van der Waals surface area contributed by atoms with E-state index < -0.39 is 0 Å². The zero-order valence-corrected chi connectivity index (χ0v) is 7.63. The normalized spacial score (nSPS) is 19.5. The summed E-state index contributed by atoms with van der Waals surface area (Å²) in [6.45, 7) is 4.13. The van der Waals surface area contributed by atoms with Gasteiger partial charge in [-0.3, -0.25) is 0 Å². The van der Waals surface area contributed by atoms with Crippen LogP contribution in [-0.2, 0) is 0 Å². The molecule has 0 unspecified atom stereocenters. The van der Waals surface area contributed by atoms with Crippen LogP contribution in [0.1, 0.15) is 37.3 Å². The summed E-state index contributed by atoms with van der Waals surface area (Å²) in [7, 11) is 0. The Morgan fingerprint density at radius 3 is 2.75 bits per heavy atom. The van der Waals surface area contributed by atoms with E-state index in [0.717, 1.165) is 17.6 Å². The summed E-state index contributed by atoms with van der Waals surface area (Å²) in [6.07, 6.45) is 2.65. The van der Waals surface area contributed by atoms with E-state index in [2.05, 4.69) is 18.3 Å². The second kappa shape index (κ2) is 2.94. The largest absolute Gasteiger partial charge is 0.465 e. The van der Waals surface area contributed by atoms with Crippen LogP contribution < -0.4 is 5.32 Å². The Morgan fingerprint density at radius 2 is 2.25 bits per heavy atom. The molecule has 1 heterocycles. The summed E-state index contributed by atoms with van der Waals surface area (Å²) in [6, 6.07) is 5.17. The van der Waals surface area contributed by atoms with E-state index in [-0.39, 0.29) is 0 Å². The minimum absolute atomic E-state index is 0.367. The molecule has 1 aliphatic carbocycles. The van der Waals surface area contributed by atoms with Crippen LogP contribution in [-0.4, -0.2) is 6.04 Å². The van der Waals surface area contributed by atoms with Crippen LogP contribution in [0.25, 0.3) is 0 Å². The number of furan rings is 1. The molecule has 0 spiro atoms. The molecule has 0 aromatic carbocycles. The number of nitrogens with one attached hydrogen (secondary N) is 1. The summed E-state index contributed by atoms with van der Waals surface area (Å²) < 4.78 is 5.51. The van der Waals surface area contributed by atoms with Crippen molar-refractivity contribution in [2.45, 2.75) is 38.8 Å². The Morgan fingerprint density at radius 1 is 1.50 bits per heavy atom. The standard InChI is InChI=1S/C10H15NO/c1-7-3-6-10(12-7)8(2)11-9-4-5-9/h3,6,8-9,11H,4-5H2,1-2H3/t8-/m0/s1. The van der Waals surface area contributed by atoms with E-state index in [0.29, 0.717) is 6.04 Å². The molecule has 1 aliphatic rings. The third-order valence-corrected chi connectivity index (χ3v) is 2.25. The molecule has 1 saturated carbocycles. The monoisotopic (exact) mass is 165 g/mol. The van der Waals surface area contributed by atoms with Crippen molar-refractivity contribution in [3.63, 3.8) is 0 Å². The Balaban J connectivity index is 1.97. The SMILES string of the molecule is Cc1ccc([C@H](C)NC2CC2)o1. The first kappa shape index (κ1) is 7.87. The first-order valence-electron chi connectivity index (χ1n) is 4.58. The van der Waals surface area contributed by atoms with Gasteiger partial charge >= 0.3 is 0 Å². The molecular weight excluding hydrogens is 150 g/mol. The fourth-order valence-electron chi connectivity index (χ4n) is 1.37. The van der Waals surface area contributed by atoms with Crippen molar-refractivity contribution in [1.29, 1.82) is 0 Å². The molecule has 0 radical (unpaired) electrons. The topological polar surface area (TPSA) is 25.2 Å². The lowest BCUT2D eigenvalue weighted by atomic mass is 10.2. The van der Waals surface area contributed by atoms with E-state index >= 15 is 0 Å². The van der Waals surface area contributed by atoms with Gasteiger partial charge in [0, 0.05) is 6.04 Å². The van der Waals surface area contributed by atoms with Crippen LogP contribution in [0, 0.1) is 6.92 Å². The predicted octanol–water partition coefficient (Wildman–Crippen LogP) is 2.40. The van der Waals surface area contributed by atoms with Crippen LogP contribution in [0.5, 0.6) is 0 Å². The minimum Gasteiger partial charge on any atom is -0.465 e. The minimum atomic E-state index is 0.367.